The van der Waals surface area contributed by atoms with E-state index in [1.165, 1.54) is 11.1 Å². The van der Waals surface area contributed by atoms with E-state index in [0.717, 1.165) is 12.2 Å². The molecule has 1 amide bonds. The largest absolute Gasteiger partial charge is 0.394 e. The smallest absolute Gasteiger partial charge is 0.230 e. The number of hydrogen-bond acceptors (Lipinski definition) is 4. The predicted molar refractivity (Wildman–Crippen MR) is 82.9 cm³/mol. The van der Waals surface area contributed by atoms with Gasteiger partial charge in [-0.25, -0.2) is 0 Å². The second-order valence-corrected chi connectivity index (χ2v) is 5.51. The number of benzene rings is 1. The fourth-order valence-corrected chi connectivity index (χ4v) is 2.49. The first-order chi connectivity index (χ1) is 9.72. The lowest BCUT2D eigenvalue weighted by Gasteiger charge is -2.06. The van der Waals surface area contributed by atoms with Crippen LogP contribution < -0.4 is 5.32 Å². The van der Waals surface area contributed by atoms with E-state index < -0.39 is 0 Å². The van der Waals surface area contributed by atoms with Crippen molar-refractivity contribution in [3.8, 4) is 0 Å². The molecular formula is C15H23NO3S. The average molecular weight is 297 g/mol. The molecule has 0 atom stereocenters. The highest BCUT2D eigenvalue weighted by molar-refractivity contribution is 7.99. The van der Waals surface area contributed by atoms with Crippen LogP contribution in [0.3, 0.4) is 0 Å². The summed E-state index contributed by atoms with van der Waals surface area (Å²) in [7, 11) is 0. The van der Waals surface area contributed by atoms with Crippen molar-refractivity contribution in [3.05, 3.63) is 35.4 Å². The van der Waals surface area contributed by atoms with Crippen molar-refractivity contribution in [1.29, 1.82) is 0 Å². The van der Waals surface area contributed by atoms with Crippen LogP contribution in [0.1, 0.15) is 17.5 Å². The Morgan fingerprint density at radius 3 is 3.00 bits per heavy atom. The summed E-state index contributed by atoms with van der Waals surface area (Å²) in [6, 6.07) is 8.33. The lowest BCUT2D eigenvalue weighted by Crippen LogP contribution is -2.27. The number of aliphatic hydroxyl groups excluding tert-OH is 1. The predicted octanol–water partition coefficient (Wildman–Crippen LogP) is 1.74. The monoisotopic (exact) mass is 297 g/mol. The Morgan fingerprint density at radius 2 is 2.25 bits per heavy atom. The van der Waals surface area contributed by atoms with Crippen LogP contribution in [0.4, 0.5) is 0 Å². The van der Waals surface area contributed by atoms with Crippen LogP contribution >= 0.6 is 11.8 Å². The highest BCUT2D eigenvalue weighted by atomic mass is 32.2. The number of aliphatic hydroxyl groups is 1. The number of aryl methyl sites for hydroxylation is 1. The molecule has 0 heterocycles. The molecule has 0 unspecified atom stereocenters. The SMILES string of the molecule is Cc1cccc(CSCC(=O)NCCCOCCO)c1. The maximum Gasteiger partial charge on any atom is 0.230 e. The summed E-state index contributed by atoms with van der Waals surface area (Å²) in [4.78, 5) is 11.6. The number of carbonyl (C=O) groups is 1. The van der Waals surface area contributed by atoms with Crippen molar-refractivity contribution in [2.45, 2.75) is 19.1 Å². The minimum absolute atomic E-state index is 0.0436. The van der Waals surface area contributed by atoms with Crippen LogP contribution in [0, 0.1) is 6.92 Å². The summed E-state index contributed by atoms with van der Waals surface area (Å²) in [5.74, 6) is 1.39. The van der Waals surface area contributed by atoms with Gasteiger partial charge in [-0.15, -0.1) is 11.8 Å². The maximum absolute atomic E-state index is 11.6. The molecule has 2 N–H and O–H groups in total. The zero-order valence-electron chi connectivity index (χ0n) is 11.9. The summed E-state index contributed by atoms with van der Waals surface area (Å²) in [6.45, 7) is 3.66. The molecule has 0 spiro atoms. The molecule has 0 saturated heterocycles. The van der Waals surface area contributed by atoms with E-state index in [2.05, 4.69) is 30.4 Å². The number of rotatable bonds is 10. The zero-order chi connectivity index (χ0) is 14.6. The van der Waals surface area contributed by atoms with Gasteiger partial charge in [-0.05, 0) is 18.9 Å². The summed E-state index contributed by atoms with van der Waals surface area (Å²) in [5, 5.41) is 11.4. The lowest BCUT2D eigenvalue weighted by atomic mass is 10.2. The van der Waals surface area contributed by atoms with Crippen molar-refractivity contribution in [2.75, 3.05) is 32.1 Å². The summed E-state index contributed by atoms with van der Waals surface area (Å²) >= 11 is 1.62. The molecule has 1 aromatic rings. The highest BCUT2D eigenvalue weighted by Crippen LogP contribution is 2.13. The second-order valence-electron chi connectivity index (χ2n) is 4.52. The molecule has 0 fully saturated rings. The summed E-state index contributed by atoms with van der Waals surface area (Å²) < 4.78 is 5.11. The van der Waals surface area contributed by atoms with Crippen LogP contribution in [0.5, 0.6) is 0 Å². The number of hydrogen-bond donors (Lipinski definition) is 2. The second kappa shape index (κ2) is 10.7. The van der Waals surface area contributed by atoms with Gasteiger partial charge >= 0.3 is 0 Å². The Labute approximate surface area is 124 Å². The van der Waals surface area contributed by atoms with E-state index in [9.17, 15) is 4.79 Å². The number of thioether (sulfide) groups is 1. The van der Waals surface area contributed by atoms with Gasteiger partial charge < -0.3 is 15.2 Å². The molecule has 112 valence electrons. The quantitative estimate of drug-likeness (QED) is 0.646. The van der Waals surface area contributed by atoms with Crippen LogP contribution in [0.15, 0.2) is 24.3 Å². The van der Waals surface area contributed by atoms with Crippen LogP contribution in [-0.2, 0) is 15.3 Å². The first-order valence-corrected chi connectivity index (χ1v) is 7.96. The van der Waals surface area contributed by atoms with Crippen molar-refractivity contribution in [3.63, 3.8) is 0 Å². The van der Waals surface area contributed by atoms with Crippen LogP contribution in [-0.4, -0.2) is 43.1 Å². The fourth-order valence-electron chi connectivity index (χ4n) is 1.68. The van der Waals surface area contributed by atoms with Gasteiger partial charge in [0.1, 0.15) is 0 Å². The van der Waals surface area contributed by atoms with Crippen LogP contribution in [0.2, 0.25) is 0 Å². The van der Waals surface area contributed by atoms with Gasteiger partial charge in [-0.3, -0.25) is 4.79 Å². The lowest BCUT2D eigenvalue weighted by molar-refractivity contribution is -0.118. The van der Waals surface area contributed by atoms with E-state index in [4.69, 9.17) is 9.84 Å². The molecule has 0 bridgehead atoms. The molecule has 4 nitrogen and oxygen atoms in total. The van der Waals surface area contributed by atoms with Crippen LogP contribution in [0.25, 0.3) is 0 Å². The fraction of sp³-hybridized carbons (Fsp3) is 0.533. The third-order valence-corrected chi connectivity index (χ3v) is 3.61. The van der Waals surface area contributed by atoms with Gasteiger partial charge in [-0.1, -0.05) is 29.8 Å². The minimum atomic E-state index is 0.0436. The molecule has 1 aromatic carbocycles. The maximum atomic E-state index is 11.6. The molecular weight excluding hydrogens is 274 g/mol. The highest BCUT2D eigenvalue weighted by Gasteiger charge is 2.01. The number of amides is 1. The minimum Gasteiger partial charge on any atom is -0.394 e. The van der Waals surface area contributed by atoms with Gasteiger partial charge in [0.25, 0.3) is 0 Å². The van der Waals surface area contributed by atoms with E-state index in [0.29, 0.717) is 25.5 Å². The van der Waals surface area contributed by atoms with Gasteiger partial charge in [-0.2, -0.15) is 0 Å². The molecule has 0 aliphatic carbocycles. The molecule has 20 heavy (non-hydrogen) atoms. The first-order valence-electron chi connectivity index (χ1n) is 6.81. The molecule has 5 heteroatoms. The van der Waals surface area contributed by atoms with Crippen molar-refractivity contribution >= 4 is 17.7 Å². The van der Waals surface area contributed by atoms with E-state index in [1.807, 2.05) is 6.07 Å². The van der Waals surface area contributed by atoms with E-state index >= 15 is 0 Å². The van der Waals surface area contributed by atoms with Gasteiger partial charge in [0, 0.05) is 18.9 Å². The van der Waals surface area contributed by atoms with Crippen molar-refractivity contribution < 1.29 is 14.6 Å². The van der Waals surface area contributed by atoms with E-state index in [1.54, 1.807) is 11.8 Å². The zero-order valence-corrected chi connectivity index (χ0v) is 12.7. The molecule has 0 aliphatic heterocycles. The van der Waals surface area contributed by atoms with Crippen molar-refractivity contribution in [1.82, 2.24) is 5.32 Å². The molecule has 0 aromatic heterocycles. The Morgan fingerprint density at radius 1 is 1.40 bits per heavy atom. The normalized spacial score (nSPS) is 10.5. The van der Waals surface area contributed by atoms with Gasteiger partial charge in [0.05, 0.1) is 19.0 Å². The number of ether oxygens (including phenoxy) is 1. The number of nitrogens with one attached hydrogen (secondary N) is 1. The Hall–Kier alpha value is -1.04. The van der Waals surface area contributed by atoms with E-state index in [-0.39, 0.29) is 12.5 Å². The molecule has 1 rings (SSSR count). The summed E-state index contributed by atoms with van der Waals surface area (Å²) in [5.41, 5.74) is 2.50. The summed E-state index contributed by atoms with van der Waals surface area (Å²) in [6.07, 6.45) is 0.772. The van der Waals surface area contributed by atoms with Gasteiger partial charge in [0.15, 0.2) is 0 Å². The topological polar surface area (TPSA) is 58.6 Å². The number of carbonyl (C=O) groups excluding carboxylic acids is 1. The third kappa shape index (κ3) is 8.19. The molecule has 0 radical (unpaired) electrons. The Balaban J connectivity index is 2.03. The molecule has 0 saturated carbocycles. The Bertz CT molecular complexity index is 398. The standard InChI is InChI=1S/C15H23NO3S/c1-13-4-2-5-14(10-13)11-20-12-15(18)16-6-3-8-19-9-7-17/h2,4-5,10,17H,3,6-9,11-12H2,1H3,(H,16,18). The average Bonchev–Trinajstić information content (AvgIpc) is 2.43. The third-order valence-electron chi connectivity index (χ3n) is 2.61. The van der Waals surface area contributed by atoms with Gasteiger partial charge in [0.2, 0.25) is 5.91 Å². The molecule has 0 aliphatic rings. The van der Waals surface area contributed by atoms with Crippen molar-refractivity contribution in [2.24, 2.45) is 0 Å². The Kier molecular flexibility index (Phi) is 9.11. The first kappa shape index (κ1) is 17.0.